The van der Waals surface area contributed by atoms with E-state index >= 15 is 0 Å². The van der Waals surface area contributed by atoms with E-state index in [2.05, 4.69) is 0 Å². The van der Waals surface area contributed by atoms with E-state index in [4.69, 9.17) is 4.74 Å². The van der Waals surface area contributed by atoms with Crippen molar-refractivity contribution in [3.05, 3.63) is 71.3 Å². The van der Waals surface area contributed by atoms with Crippen LogP contribution in [0.3, 0.4) is 0 Å². The molecule has 0 saturated carbocycles. The van der Waals surface area contributed by atoms with Crippen LogP contribution in [-0.2, 0) is 19.6 Å². The Morgan fingerprint density at radius 3 is 2.29 bits per heavy atom. The van der Waals surface area contributed by atoms with Gasteiger partial charge in [-0.1, -0.05) is 54.5 Å². The van der Waals surface area contributed by atoms with Gasteiger partial charge in [-0.2, -0.15) is 0 Å². The third kappa shape index (κ3) is 4.81. The Kier molecular flexibility index (Phi) is 7.02. The lowest BCUT2D eigenvalue weighted by Crippen LogP contribution is -2.37. The highest BCUT2D eigenvalue weighted by atomic mass is 32.2. The lowest BCUT2D eigenvalue weighted by Gasteiger charge is -2.27. The van der Waals surface area contributed by atoms with E-state index < -0.39 is 22.5 Å². The van der Waals surface area contributed by atoms with E-state index in [0.717, 1.165) is 21.0 Å². The molecule has 5 nitrogen and oxygen atoms in total. The highest BCUT2D eigenvalue weighted by Crippen LogP contribution is 2.33. The minimum absolute atomic E-state index is 0.0201. The highest BCUT2D eigenvalue weighted by molar-refractivity contribution is 7.92. The molecule has 0 fully saturated rings. The standard InChI is InChI=1S/C22H27NO4S/c1-6-7-18(4)20-14-17(3)10-13-21(20)23(15-22(24)27-5)28(25,26)19-11-8-16(2)9-12-19/h6-14,18H,15H2,1-5H3/b7-6+. The molecule has 0 radical (unpaired) electrons. The van der Waals surface area contributed by atoms with E-state index in [1.165, 1.54) is 7.11 Å². The minimum Gasteiger partial charge on any atom is -0.468 e. The molecule has 0 heterocycles. The van der Waals surface area contributed by atoms with E-state index in [9.17, 15) is 13.2 Å². The number of sulfonamides is 1. The largest absolute Gasteiger partial charge is 0.468 e. The van der Waals surface area contributed by atoms with Crippen molar-refractivity contribution >= 4 is 21.7 Å². The van der Waals surface area contributed by atoms with Crippen LogP contribution >= 0.6 is 0 Å². The van der Waals surface area contributed by atoms with Gasteiger partial charge in [-0.25, -0.2) is 8.42 Å². The molecule has 2 aromatic carbocycles. The molecular weight excluding hydrogens is 374 g/mol. The smallest absolute Gasteiger partial charge is 0.326 e. The molecule has 150 valence electrons. The lowest BCUT2D eigenvalue weighted by atomic mass is 9.96. The fraction of sp³-hybridized carbons (Fsp3) is 0.318. The van der Waals surface area contributed by atoms with Crippen molar-refractivity contribution in [2.75, 3.05) is 18.0 Å². The summed E-state index contributed by atoms with van der Waals surface area (Å²) in [6, 6.07) is 12.1. The van der Waals surface area contributed by atoms with Crippen molar-refractivity contribution in [2.24, 2.45) is 0 Å². The van der Waals surface area contributed by atoms with Gasteiger partial charge in [0.25, 0.3) is 10.0 Å². The maximum atomic E-state index is 13.4. The summed E-state index contributed by atoms with van der Waals surface area (Å²) < 4.78 is 32.7. The molecule has 0 spiro atoms. The zero-order valence-corrected chi connectivity index (χ0v) is 17.8. The van der Waals surface area contributed by atoms with Gasteiger partial charge in [0.1, 0.15) is 6.54 Å². The van der Waals surface area contributed by atoms with Gasteiger partial charge in [0.15, 0.2) is 0 Å². The molecule has 0 saturated heterocycles. The number of carbonyl (C=O) groups is 1. The Bertz CT molecular complexity index is 963. The molecule has 1 atom stereocenters. The topological polar surface area (TPSA) is 63.7 Å². The molecule has 0 aliphatic rings. The average Bonchev–Trinajstić information content (AvgIpc) is 2.66. The SMILES string of the molecule is C/C=C/C(C)c1cc(C)ccc1N(CC(=O)OC)S(=O)(=O)c1ccc(C)cc1. The molecule has 6 heteroatoms. The van der Waals surface area contributed by atoms with Gasteiger partial charge < -0.3 is 4.74 Å². The molecule has 0 aromatic heterocycles. The predicted molar refractivity (Wildman–Crippen MR) is 112 cm³/mol. The number of nitrogens with zero attached hydrogens (tertiary/aromatic N) is 1. The number of carbonyl (C=O) groups excluding carboxylic acids is 1. The first-order valence-electron chi connectivity index (χ1n) is 9.10. The van der Waals surface area contributed by atoms with Gasteiger partial charge >= 0.3 is 5.97 Å². The van der Waals surface area contributed by atoms with E-state index in [-0.39, 0.29) is 10.8 Å². The van der Waals surface area contributed by atoms with Crippen LogP contribution in [0, 0.1) is 13.8 Å². The number of anilines is 1. The first kappa shape index (κ1) is 21.7. The van der Waals surface area contributed by atoms with E-state index in [1.54, 1.807) is 30.3 Å². The number of hydrogen-bond acceptors (Lipinski definition) is 4. The maximum Gasteiger partial charge on any atom is 0.326 e. The molecule has 1 unspecified atom stereocenters. The molecular formula is C22H27NO4S. The first-order chi connectivity index (χ1) is 13.2. The number of esters is 1. The highest BCUT2D eigenvalue weighted by Gasteiger charge is 2.30. The third-order valence-corrected chi connectivity index (χ3v) is 6.31. The number of hydrogen-bond donors (Lipinski definition) is 0. The summed E-state index contributed by atoms with van der Waals surface area (Å²) in [5.74, 6) is -0.644. The molecule has 2 rings (SSSR count). The summed E-state index contributed by atoms with van der Waals surface area (Å²) in [6.07, 6.45) is 3.92. The number of ether oxygens (including phenoxy) is 1. The fourth-order valence-corrected chi connectivity index (χ4v) is 4.41. The van der Waals surface area contributed by atoms with Crippen molar-refractivity contribution in [1.29, 1.82) is 0 Å². The Labute approximate surface area is 167 Å². The zero-order chi connectivity index (χ0) is 20.9. The van der Waals surface area contributed by atoms with Gasteiger partial charge in [-0.05, 0) is 44.5 Å². The average molecular weight is 402 g/mol. The second kappa shape index (κ2) is 9.06. The van der Waals surface area contributed by atoms with Crippen molar-refractivity contribution in [3.63, 3.8) is 0 Å². The molecule has 28 heavy (non-hydrogen) atoms. The maximum absolute atomic E-state index is 13.4. The van der Waals surface area contributed by atoms with Crippen molar-refractivity contribution in [3.8, 4) is 0 Å². The van der Waals surface area contributed by atoms with Gasteiger partial charge in [0.2, 0.25) is 0 Å². The summed E-state index contributed by atoms with van der Waals surface area (Å²) in [7, 11) is -2.70. The van der Waals surface area contributed by atoms with Crippen LogP contribution in [0.2, 0.25) is 0 Å². The zero-order valence-electron chi connectivity index (χ0n) is 17.0. The number of rotatable bonds is 7. The second-order valence-electron chi connectivity index (χ2n) is 6.78. The summed E-state index contributed by atoms with van der Waals surface area (Å²) in [6.45, 7) is 7.36. The van der Waals surface area contributed by atoms with Crippen LogP contribution in [0.4, 0.5) is 5.69 Å². The van der Waals surface area contributed by atoms with Crippen LogP contribution in [0.5, 0.6) is 0 Å². The molecule has 0 bridgehead atoms. The summed E-state index contributed by atoms with van der Waals surface area (Å²) in [4.78, 5) is 12.2. The van der Waals surface area contributed by atoms with E-state index in [0.29, 0.717) is 5.69 Å². The molecule has 0 aliphatic heterocycles. The number of methoxy groups -OCH3 is 1. The fourth-order valence-electron chi connectivity index (χ4n) is 2.98. The second-order valence-corrected chi connectivity index (χ2v) is 8.64. The molecule has 0 aliphatic carbocycles. The van der Waals surface area contributed by atoms with Crippen molar-refractivity contribution in [2.45, 2.75) is 38.5 Å². The lowest BCUT2D eigenvalue weighted by molar-refractivity contribution is -0.138. The minimum atomic E-state index is -3.95. The van der Waals surface area contributed by atoms with Gasteiger partial charge in [0, 0.05) is 5.92 Å². The predicted octanol–water partition coefficient (Wildman–Crippen LogP) is 4.35. The third-order valence-electron chi connectivity index (χ3n) is 4.53. The quantitative estimate of drug-likeness (QED) is 0.511. The summed E-state index contributed by atoms with van der Waals surface area (Å²) in [5.41, 5.74) is 3.27. The molecule has 0 amide bonds. The van der Waals surface area contributed by atoms with Crippen molar-refractivity contribution in [1.82, 2.24) is 0 Å². The van der Waals surface area contributed by atoms with Crippen LogP contribution in [0.25, 0.3) is 0 Å². The van der Waals surface area contributed by atoms with Crippen LogP contribution in [-0.4, -0.2) is 28.0 Å². The van der Waals surface area contributed by atoms with Crippen LogP contribution in [0.15, 0.2) is 59.5 Å². The van der Waals surface area contributed by atoms with Gasteiger partial charge in [-0.3, -0.25) is 9.10 Å². The molecule has 2 aromatic rings. The number of allylic oxidation sites excluding steroid dienone is 2. The van der Waals surface area contributed by atoms with Gasteiger partial charge in [-0.15, -0.1) is 0 Å². The van der Waals surface area contributed by atoms with E-state index in [1.807, 2.05) is 52.0 Å². The normalized spacial score (nSPS) is 12.8. The Morgan fingerprint density at radius 2 is 1.71 bits per heavy atom. The van der Waals surface area contributed by atoms with Crippen LogP contribution in [0.1, 0.15) is 36.5 Å². The molecule has 0 N–H and O–H groups in total. The summed E-state index contributed by atoms with van der Waals surface area (Å²) in [5, 5.41) is 0. The number of benzene rings is 2. The Balaban J connectivity index is 2.68. The number of aryl methyl sites for hydroxylation is 2. The first-order valence-corrected chi connectivity index (χ1v) is 10.5. The van der Waals surface area contributed by atoms with Crippen LogP contribution < -0.4 is 4.31 Å². The van der Waals surface area contributed by atoms with Crippen molar-refractivity contribution < 1.29 is 17.9 Å². The Hall–Kier alpha value is -2.60. The Morgan fingerprint density at radius 1 is 1.11 bits per heavy atom. The summed E-state index contributed by atoms with van der Waals surface area (Å²) >= 11 is 0. The monoisotopic (exact) mass is 401 g/mol. The van der Waals surface area contributed by atoms with Gasteiger partial charge in [0.05, 0.1) is 17.7 Å².